The fraction of sp³-hybridized carbons (Fsp3) is 0.154. The molecule has 0 spiro atoms. The molecule has 2 N–H and O–H groups in total. The Morgan fingerprint density at radius 1 is 1.41 bits per heavy atom. The molecular formula is C13H11NO3. The van der Waals surface area contributed by atoms with Crippen molar-refractivity contribution in [2.24, 2.45) is 5.92 Å². The Morgan fingerprint density at radius 3 is 3.12 bits per heavy atom. The van der Waals surface area contributed by atoms with E-state index in [-0.39, 0.29) is 12.3 Å². The Bertz CT molecular complexity index is 535. The predicted molar refractivity (Wildman–Crippen MR) is 61.4 cm³/mol. The molecule has 0 aromatic rings. The minimum Gasteiger partial charge on any atom is -0.481 e. The monoisotopic (exact) mass is 229 g/mol. The second-order valence-corrected chi connectivity index (χ2v) is 4.09. The van der Waals surface area contributed by atoms with Gasteiger partial charge >= 0.3 is 5.97 Å². The van der Waals surface area contributed by atoms with Crippen LogP contribution in [0.2, 0.25) is 0 Å². The molecule has 1 unspecified atom stereocenters. The van der Waals surface area contributed by atoms with Gasteiger partial charge in [0.05, 0.1) is 18.6 Å². The number of allylic oxidation sites excluding steroid dienone is 6. The Balaban J connectivity index is 1.97. The third kappa shape index (κ3) is 1.58. The number of hydrogen-bond donors (Lipinski definition) is 2. The third-order valence-corrected chi connectivity index (χ3v) is 3.02. The van der Waals surface area contributed by atoms with Gasteiger partial charge in [-0.1, -0.05) is 6.08 Å². The van der Waals surface area contributed by atoms with Gasteiger partial charge in [-0.25, -0.2) is 0 Å². The van der Waals surface area contributed by atoms with E-state index in [9.17, 15) is 4.79 Å². The zero-order valence-corrected chi connectivity index (χ0v) is 9.01. The minimum absolute atomic E-state index is 0.00366. The molecule has 0 aromatic heterocycles. The van der Waals surface area contributed by atoms with Gasteiger partial charge in [-0.15, -0.1) is 0 Å². The van der Waals surface area contributed by atoms with Gasteiger partial charge in [0.1, 0.15) is 5.76 Å². The zero-order chi connectivity index (χ0) is 11.8. The number of carboxylic acid groups (broad SMARTS) is 1. The van der Waals surface area contributed by atoms with Crippen LogP contribution >= 0.6 is 0 Å². The van der Waals surface area contributed by atoms with Crippen LogP contribution in [-0.4, -0.2) is 11.1 Å². The number of aliphatic carboxylic acids is 1. The van der Waals surface area contributed by atoms with Gasteiger partial charge in [0.25, 0.3) is 0 Å². The summed E-state index contributed by atoms with van der Waals surface area (Å²) in [5.74, 6) is -0.0273. The average Bonchev–Trinajstić information content (AvgIpc) is 2.72. The lowest BCUT2D eigenvalue weighted by Crippen LogP contribution is -2.18. The van der Waals surface area contributed by atoms with E-state index in [4.69, 9.17) is 9.84 Å². The largest absolute Gasteiger partial charge is 0.481 e. The van der Waals surface area contributed by atoms with Crippen molar-refractivity contribution in [3.8, 4) is 0 Å². The number of fused-ring (bicyclic) bond motifs is 3. The molecule has 0 saturated heterocycles. The average molecular weight is 229 g/mol. The molecule has 3 aliphatic rings. The summed E-state index contributed by atoms with van der Waals surface area (Å²) in [5, 5.41) is 12.0. The Morgan fingerprint density at radius 2 is 2.29 bits per heavy atom. The molecule has 2 heterocycles. The summed E-state index contributed by atoms with van der Waals surface area (Å²) in [4.78, 5) is 10.8. The SMILES string of the molecule is O=C(O)CC1=CNC2=CC=C3OC=CC=C3C12. The summed E-state index contributed by atoms with van der Waals surface area (Å²) >= 11 is 0. The summed E-state index contributed by atoms with van der Waals surface area (Å²) in [7, 11) is 0. The lowest BCUT2D eigenvalue weighted by Gasteiger charge is -2.25. The number of rotatable bonds is 2. The third-order valence-electron chi connectivity index (χ3n) is 3.02. The number of hydrogen-bond acceptors (Lipinski definition) is 3. The minimum atomic E-state index is -0.816. The highest BCUT2D eigenvalue weighted by Crippen LogP contribution is 2.40. The lowest BCUT2D eigenvalue weighted by molar-refractivity contribution is -0.136. The molecule has 2 aliphatic heterocycles. The van der Waals surface area contributed by atoms with Crippen molar-refractivity contribution >= 4 is 5.97 Å². The van der Waals surface area contributed by atoms with Gasteiger partial charge in [0, 0.05) is 17.5 Å². The maximum atomic E-state index is 10.8. The van der Waals surface area contributed by atoms with Crippen molar-refractivity contribution in [3.63, 3.8) is 0 Å². The van der Waals surface area contributed by atoms with E-state index in [1.165, 1.54) is 0 Å². The first kappa shape index (κ1) is 9.96. The zero-order valence-electron chi connectivity index (χ0n) is 9.01. The first-order chi connectivity index (χ1) is 8.25. The summed E-state index contributed by atoms with van der Waals surface area (Å²) in [6, 6.07) is 0. The second-order valence-electron chi connectivity index (χ2n) is 4.09. The van der Waals surface area contributed by atoms with Crippen molar-refractivity contribution < 1.29 is 14.6 Å². The Labute approximate surface area is 98.3 Å². The topological polar surface area (TPSA) is 58.6 Å². The van der Waals surface area contributed by atoms with Gasteiger partial charge in [-0.05, 0) is 23.8 Å². The molecule has 0 aromatic carbocycles. The van der Waals surface area contributed by atoms with Crippen molar-refractivity contribution in [2.75, 3.05) is 0 Å². The summed E-state index contributed by atoms with van der Waals surface area (Å²) < 4.78 is 5.41. The van der Waals surface area contributed by atoms with Crippen molar-refractivity contribution in [1.29, 1.82) is 0 Å². The molecule has 0 saturated carbocycles. The fourth-order valence-corrected chi connectivity index (χ4v) is 2.33. The molecule has 1 aliphatic carbocycles. The maximum absolute atomic E-state index is 10.8. The number of nitrogens with one attached hydrogen (secondary N) is 1. The highest BCUT2D eigenvalue weighted by atomic mass is 16.5. The van der Waals surface area contributed by atoms with Gasteiger partial charge in [0.15, 0.2) is 0 Å². The second kappa shape index (κ2) is 3.66. The van der Waals surface area contributed by atoms with Crippen LogP contribution in [0, 0.1) is 5.92 Å². The molecule has 86 valence electrons. The van der Waals surface area contributed by atoms with Gasteiger partial charge < -0.3 is 15.2 Å². The van der Waals surface area contributed by atoms with Crippen LogP contribution < -0.4 is 5.32 Å². The van der Waals surface area contributed by atoms with Gasteiger partial charge in [-0.3, -0.25) is 4.79 Å². The van der Waals surface area contributed by atoms with Crippen LogP contribution in [0.5, 0.6) is 0 Å². The first-order valence-corrected chi connectivity index (χ1v) is 5.38. The molecule has 4 heteroatoms. The Kier molecular flexibility index (Phi) is 2.14. The lowest BCUT2D eigenvalue weighted by atomic mass is 9.84. The van der Waals surface area contributed by atoms with Crippen LogP contribution in [0.25, 0.3) is 0 Å². The van der Waals surface area contributed by atoms with Crippen molar-refractivity contribution in [1.82, 2.24) is 5.32 Å². The van der Waals surface area contributed by atoms with Gasteiger partial charge in [-0.2, -0.15) is 0 Å². The molecule has 0 radical (unpaired) electrons. The van der Waals surface area contributed by atoms with Crippen LogP contribution in [0.15, 0.2) is 59.4 Å². The van der Waals surface area contributed by atoms with Crippen LogP contribution in [-0.2, 0) is 9.53 Å². The molecule has 17 heavy (non-hydrogen) atoms. The molecule has 4 nitrogen and oxygen atoms in total. The highest BCUT2D eigenvalue weighted by molar-refractivity contribution is 5.72. The number of carboxylic acids is 1. The van der Waals surface area contributed by atoms with E-state index in [0.29, 0.717) is 0 Å². The maximum Gasteiger partial charge on any atom is 0.307 e. The summed E-state index contributed by atoms with van der Waals surface area (Å²) in [5.41, 5.74) is 2.89. The standard InChI is InChI=1S/C13H11NO3/c15-12(16)6-8-7-14-10-3-4-11-9(13(8)10)2-1-5-17-11/h1-5,7,13-14H,6H2,(H,15,16). The van der Waals surface area contributed by atoms with E-state index in [1.54, 1.807) is 12.5 Å². The van der Waals surface area contributed by atoms with Gasteiger partial charge in [0.2, 0.25) is 0 Å². The van der Waals surface area contributed by atoms with Crippen LogP contribution in [0.4, 0.5) is 0 Å². The quantitative estimate of drug-likeness (QED) is 0.758. The molecule has 3 rings (SSSR count). The van der Waals surface area contributed by atoms with Crippen LogP contribution in [0.3, 0.4) is 0 Å². The van der Waals surface area contributed by atoms with E-state index in [2.05, 4.69) is 5.32 Å². The van der Waals surface area contributed by atoms with Crippen molar-refractivity contribution in [3.05, 3.63) is 59.4 Å². The van der Waals surface area contributed by atoms with E-state index in [0.717, 1.165) is 22.6 Å². The highest BCUT2D eigenvalue weighted by Gasteiger charge is 2.33. The summed E-state index contributed by atoms with van der Waals surface area (Å²) in [6.07, 6.45) is 11.1. The molecule has 0 fully saturated rings. The molecular weight excluding hydrogens is 218 g/mol. The van der Waals surface area contributed by atoms with Crippen LogP contribution in [0.1, 0.15) is 6.42 Å². The molecule has 0 bridgehead atoms. The first-order valence-electron chi connectivity index (χ1n) is 5.38. The smallest absolute Gasteiger partial charge is 0.307 e. The normalized spacial score (nSPS) is 24.4. The van der Waals surface area contributed by atoms with E-state index >= 15 is 0 Å². The molecule has 0 amide bonds. The Hall–Kier alpha value is -2.23. The number of carbonyl (C=O) groups is 1. The number of ether oxygens (including phenoxy) is 1. The van der Waals surface area contributed by atoms with E-state index < -0.39 is 5.97 Å². The fourth-order valence-electron chi connectivity index (χ4n) is 2.33. The van der Waals surface area contributed by atoms with E-state index in [1.807, 2.05) is 24.3 Å². The van der Waals surface area contributed by atoms with Crippen molar-refractivity contribution in [2.45, 2.75) is 6.42 Å². The summed E-state index contributed by atoms with van der Waals surface area (Å²) in [6.45, 7) is 0. The molecule has 1 atom stereocenters. The predicted octanol–water partition coefficient (Wildman–Crippen LogP) is 1.82.